The summed E-state index contributed by atoms with van der Waals surface area (Å²) in [4.78, 5) is 13.2. The van der Waals surface area contributed by atoms with Crippen LogP contribution in [0.2, 0.25) is 0 Å². The van der Waals surface area contributed by atoms with E-state index in [1.807, 2.05) is 0 Å². The number of hydrogen-bond acceptors (Lipinski definition) is 4. The molecular formula is C14H21BrN4S. The van der Waals surface area contributed by atoms with Gasteiger partial charge in [-0.2, -0.15) is 0 Å². The highest BCUT2D eigenvalue weighted by Gasteiger charge is 2.35. The Hall–Kier alpha value is -0.300. The van der Waals surface area contributed by atoms with Gasteiger partial charge in [-0.1, -0.05) is 33.0 Å². The lowest BCUT2D eigenvalue weighted by atomic mass is 9.92. The molecule has 20 heavy (non-hydrogen) atoms. The minimum absolute atomic E-state index is 0.0212. The van der Waals surface area contributed by atoms with Crippen LogP contribution in [-0.2, 0) is 5.41 Å². The maximum absolute atomic E-state index is 5.44. The van der Waals surface area contributed by atoms with Crippen LogP contribution in [0.5, 0.6) is 0 Å². The van der Waals surface area contributed by atoms with Gasteiger partial charge in [0, 0.05) is 43.8 Å². The Kier molecular flexibility index (Phi) is 3.77. The highest BCUT2D eigenvalue weighted by molar-refractivity contribution is 9.10. The molecule has 4 rings (SSSR count). The molecule has 0 amide bonds. The minimum Gasteiger partial charge on any atom is -0.344 e. The van der Waals surface area contributed by atoms with E-state index >= 15 is 0 Å². The Morgan fingerprint density at radius 3 is 2.40 bits per heavy atom. The zero-order chi connectivity index (χ0) is 14.5. The summed E-state index contributed by atoms with van der Waals surface area (Å²) in [5, 5.41) is 0. The van der Waals surface area contributed by atoms with E-state index in [-0.39, 0.29) is 5.41 Å². The van der Waals surface area contributed by atoms with Gasteiger partial charge in [-0.25, -0.2) is 4.98 Å². The van der Waals surface area contributed by atoms with Crippen LogP contribution in [0.15, 0.2) is 4.47 Å². The minimum atomic E-state index is 0.0212. The van der Waals surface area contributed by atoms with E-state index in [0.717, 1.165) is 35.6 Å². The number of H-pyrrole nitrogens is 1. The molecule has 3 fully saturated rings. The van der Waals surface area contributed by atoms with E-state index < -0.39 is 0 Å². The summed E-state index contributed by atoms with van der Waals surface area (Å²) in [5.74, 6) is 1.02. The van der Waals surface area contributed by atoms with E-state index in [2.05, 4.69) is 56.5 Å². The number of rotatable bonds is 1. The summed E-state index contributed by atoms with van der Waals surface area (Å²) < 4.78 is 1.60. The van der Waals surface area contributed by atoms with Gasteiger partial charge in [0.2, 0.25) is 0 Å². The molecule has 0 spiro atoms. The number of hydrogen-bond donors (Lipinski definition) is 1. The van der Waals surface area contributed by atoms with Crippen molar-refractivity contribution in [1.82, 2.24) is 19.8 Å². The third kappa shape index (κ3) is 2.58. The quantitative estimate of drug-likeness (QED) is 0.784. The van der Waals surface area contributed by atoms with Crippen molar-refractivity contribution >= 4 is 28.1 Å². The molecule has 1 aromatic heterocycles. The van der Waals surface area contributed by atoms with Crippen molar-refractivity contribution in [2.24, 2.45) is 0 Å². The van der Waals surface area contributed by atoms with E-state index in [1.54, 1.807) is 0 Å². The van der Waals surface area contributed by atoms with Gasteiger partial charge >= 0.3 is 0 Å². The Bertz CT molecular complexity index is 570. The number of piperazine rings is 3. The lowest BCUT2D eigenvalue weighted by Crippen LogP contribution is -2.57. The zero-order valence-electron chi connectivity index (χ0n) is 12.2. The molecule has 0 aromatic carbocycles. The topological polar surface area (TPSA) is 35.2 Å². The van der Waals surface area contributed by atoms with Gasteiger partial charge in [0.15, 0.2) is 0 Å². The van der Waals surface area contributed by atoms with Gasteiger partial charge in [0.05, 0.1) is 10.5 Å². The number of halogens is 1. The number of aromatic nitrogens is 2. The Morgan fingerprint density at radius 2 is 1.90 bits per heavy atom. The number of aromatic amines is 1. The third-order valence-corrected chi connectivity index (χ3v) is 5.56. The fourth-order valence-electron chi connectivity index (χ4n) is 3.03. The molecule has 0 aliphatic carbocycles. The molecule has 4 nitrogen and oxygen atoms in total. The molecule has 1 unspecified atom stereocenters. The average Bonchev–Trinajstić information content (AvgIpc) is 2.41. The molecule has 3 aliphatic rings. The molecule has 110 valence electrons. The normalized spacial score (nSPS) is 29.7. The average molecular weight is 357 g/mol. The molecule has 3 aliphatic heterocycles. The van der Waals surface area contributed by atoms with Gasteiger partial charge in [0.1, 0.15) is 10.5 Å². The number of nitrogens with one attached hydrogen (secondary N) is 1. The van der Waals surface area contributed by atoms with Crippen LogP contribution in [0.3, 0.4) is 0 Å². The largest absolute Gasteiger partial charge is 0.344 e. The third-order valence-electron chi connectivity index (χ3n) is 4.23. The Balaban J connectivity index is 2.03. The highest BCUT2D eigenvalue weighted by Crippen LogP contribution is 2.32. The van der Waals surface area contributed by atoms with Gasteiger partial charge in [-0.3, -0.25) is 9.80 Å². The van der Waals surface area contributed by atoms with Gasteiger partial charge in [0.25, 0.3) is 0 Å². The fourth-order valence-corrected chi connectivity index (χ4v) is 4.01. The summed E-state index contributed by atoms with van der Waals surface area (Å²) in [5.41, 5.74) is 1.16. The molecule has 2 bridgehead atoms. The van der Waals surface area contributed by atoms with Crippen molar-refractivity contribution < 1.29 is 0 Å². The van der Waals surface area contributed by atoms with Crippen LogP contribution in [0.1, 0.15) is 38.3 Å². The Morgan fingerprint density at radius 1 is 1.25 bits per heavy atom. The second kappa shape index (κ2) is 5.16. The van der Waals surface area contributed by atoms with Gasteiger partial charge in [-0.15, -0.1) is 0 Å². The van der Waals surface area contributed by atoms with E-state index in [9.17, 15) is 0 Å². The second-order valence-electron chi connectivity index (χ2n) is 6.72. The molecule has 6 heteroatoms. The van der Waals surface area contributed by atoms with Crippen molar-refractivity contribution in [3.05, 3.63) is 20.6 Å². The van der Waals surface area contributed by atoms with Gasteiger partial charge in [-0.05, 0) is 15.9 Å². The molecule has 3 saturated heterocycles. The van der Waals surface area contributed by atoms with Gasteiger partial charge < -0.3 is 4.98 Å². The standard InChI is InChI=1S/C14H21BrN4S/c1-14(2,3)11-10(15)13(20)17-12(16-11)9-8-18-4-6-19(9)7-5-18/h9H,4-8H2,1-3H3,(H,16,17,20). The molecule has 0 radical (unpaired) electrons. The summed E-state index contributed by atoms with van der Waals surface area (Å²) in [6, 6.07) is 0.355. The molecule has 1 atom stereocenters. The molecule has 4 heterocycles. The first kappa shape index (κ1) is 14.6. The van der Waals surface area contributed by atoms with Crippen LogP contribution >= 0.6 is 28.1 Å². The first-order chi connectivity index (χ1) is 9.36. The second-order valence-corrected chi connectivity index (χ2v) is 7.90. The molecule has 0 saturated carbocycles. The van der Waals surface area contributed by atoms with Crippen molar-refractivity contribution in [2.45, 2.75) is 32.2 Å². The first-order valence-electron chi connectivity index (χ1n) is 7.13. The van der Waals surface area contributed by atoms with Crippen LogP contribution in [0.4, 0.5) is 0 Å². The lowest BCUT2D eigenvalue weighted by Gasteiger charge is -2.47. The van der Waals surface area contributed by atoms with Crippen molar-refractivity contribution in [1.29, 1.82) is 0 Å². The predicted molar refractivity (Wildman–Crippen MR) is 86.6 cm³/mol. The maximum Gasteiger partial charge on any atom is 0.144 e. The smallest absolute Gasteiger partial charge is 0.144 e. The molecular weight excluding hydrogens is 336 g/mol. The highest BCUT2D eigenvalue weighted by atomic mass is 79.9. The SMILES string of the molecule is CC(C)(C)c1[nH]c(C2CN3CCN2CC3)nc(=S)c1Br. The number of fused-ring (bicyclic) bond motifs is 3. The lowest BCUT2D eigenvalue weighted by molar-refractivity contribution is 0.00842. The monoisotopic (exact) mass is 356 g/mol. The fraction of sp³-hybridized carbons (Fsp3) is 0.714. The first-order valence-corrected chi connectivity index (χ1v) is 8.33. The number of nitrogens with zero attached hydrogens (tertiary/aromatic N) is 3. The predicted octanol–water partition coefficient (Wildman–Crippen LogP) is 2.87. The summed E-state index contributed by atoms with van der Waals surface area (Å²) in [6.07, 6.45) is 0. The van der Waals surface area contributed by atoms with Crippen LogP contribution in [0, 0.1) is 4.64 Å². The van der Waals surface area contributed by atoms with Crippen molar-refractivity contribution in [3.63, 3.8) is 0 Å². The summed E-state index contributed by atoms with van der Waals surface area (Å²) in [7, 11) is 0. The zero-order valence-corrected chi connectivity index (χ0v) is 14.6. The van der Waals surface area contributed by atoms with E-state index in [1.165, 1.54) is 13.1 Å². The summed E-state index contributed by atoms with van der Waals surface area (Å²) >= 11 is 9.04. The van der Waals surface area contributed by atoms with Crippen molar-refractivity contribution in [3.8, 4) is 0 Å². The van der Waals surface area contributed by atoms with Crippen LogP contribution in [-0.4, -0.2) is 52.5 Å². The molecule has 1 N–H and O–H groups in total. The van der Waals surface area contributed by atoms with Crippen molar-refractivity contribution in [2.75, 3.05) is 32.7 Å². The van der Waals surface area contributed by atoms with Crippen LogP contribution in [0.25, 0.3) is 0 Å². The van der Waals surface area contributed by atoms with E-state index in [0.29, 0.717) is 10.7 Å². The Labute approximate surface area is 133 Å². The summed E-state index contributed by atoms with van der Waals surface area (Å²) in [6.45, 7) is 12.3. The maximum atomic E-state index is 5.44. The molecule has 1 aromatic rings. The van der Waals surface area contributed by atoms with Crippen LogP contribution < -0.4 is 0 Å². The van der Waals surface area contributed by atoms with E-state index in [4.69, 9.17) is 12.2 Å².